The Morgan fingerprint density at radius 2 is 1.85 bits per heavy atom. The van der Waals surface area contributed by atoms with E-state index in [9.17, 15) is 0 Å². The van der Waals surface area contributed by atoms with Crippen LogP contribution in [0, 0.1) is 6.92 Å². The van der Waals surface area contributed by atoms with Gasteiger partial charge in [-0.15, -0.1) is 0 Å². The number of aryl methyl sites for hydroxylation is 1. The normalized spacial score (nSPS) is 10.6. The molecule has 1 aromatic heterocycles. The molecule has 3 nitrogen and oxygen atoms in total. The summed E-state index contributed by atoms with van der Waals surface area (Å²) in [6.07, 6.45) is 4.96. The zero-order valence-electron chi connectivity index (χ0n) is 12.3. The van der Waals surface area contributed by atoms with Crippen LogP contribution < -0.4 is 10.6 Å². The van der Waals surface area contributed by atoms with Gasteiger partial charge in [0.1, 0.15) is 0 Å². The van der Waals surface area contributed by atoms with Gasteiger partial charge in [0.15, 0.2) is 0 Å². The Bertz CT molecular complexity index is 534. The van der Waals surface area contributed by atoms with E-state index in [1.807, 2.05) is 12.4 Å². The van der Waals surface area contributed by atoms with Crippen LogP contribution in [0.5, 0.6) is 0 Å². The first-order chi connectivity index (χ1) is 9.72. The van der Waals surface area contributed by atoms with Crippen LogP contribution in [0.4, 0.5) is 5.69 Å². The van der Waals surface area contributed by atoms with Crippen LogP contribution in [-0.2, 0) is 13.1 Å². The van der Waals surface area contributed by atoms with Crippen LogP contribution in [0.25, 0.3) is 0 Å². The van der Waals surface area contributed by atoms with E-state index in [0.29, 0.717) is 6.54 Å². The van der Waals surface area contributed by atoms with Gasteiger partial charge >= 0.3 is 0 Å². The standard InChI is InChI=1S/C17H23N3/c1-3-8-20(13-16-9-14(2)11-19-12-16)17-6-4-15(10-18)5-7-17/h4-7,9,11-12H,3,8,10,13,18H2,1-2H3. The summed E-state index contributed by atoms with van der Waals surface area (Å²) in [6, 6.07) is 10.7. The van der Waals surface area contributed by atoms with E-state index in [-0.39, 0.29) is 0 Å². The maximum atomic E-state index is 5.65. The molecule has 0 fully saturated rings. The van der Waals surface area contributed by atoms with Crippen LogP contribution in [0.3, 0.4) is 0 Å². The maximum Gasteiger partial charge on any atom is 0.0444 e. The fourth-order valence-corrected chi connectivity index (χ4v) is 2.34. The molecule has 0 unspecified atom stereocenters. The molecule has 0 saturated heterocycles. The lowest BCUT2D eigenvalue weighted by Crippen LogP contribution is -2.23. The van der Waals surface area contributed by atoms with E-state index < -0.39 is 0 Å². The van der Waals surface area contributed by atoms with Crippen molar-refractivity contribution < 1.29 is 0 Å². The number of nitrogens with zero attached hydrogens (tertiary/aromatic N) is 2. The molecule has 0 bridgehead atoms. The van der Waals surface area contributed by atoms with E-state index >= 15 is 0 Å². The van der Waals surface area contributed by atoms with Gasteiger partial charge in [-0.2, -0.15) is 0 Å². The van der Waals surface area contributed by atoms with Crippen molar-refractivity contribution in [1.82, 2.24) is 4.98 Å². The van der Waals surface area contributed by atoms with Crippen molar-refractivity contribution in [1.29, 1.82) is 0 Å². The predicted octanol–water partition coefficient (Wildman–Crippen LogP) is 3.27. The zero-order valence-corrected chi connectivity index (χ0v) is 12.3. The first-order valence-corrected chi connectivity index (χ1v) is 7.17. The molecule has 0 spiro atoms. The summed E-state index contributed by atoms with van der Waals surface area (Å²) in [5.74, 6) is 0. The molecule has 3 heteroatoms. The lowest BCUT2D eigenvalue weighted by atomic mass is 10.1. The van der Waals surface area contributed by atoms with Crippen molar-refractivity contribution in [3.05, 3.63) is 59.4 Å². The van der Waals surface area contributed by atoms with E-state index in [1.54, 1.807) is 0 Å². The molecule has 0 aliphatic rings. The molecule has 0 aliphatic carbocycles. The van der Waals surface area contributed by atoms with Gasteiger partial charge < -0.3 is 10.6 Å². The largest absolute Gasteiger partial charge is 0.367 e. The first kappa shape index (κ1) is 14.5. The average molecular weight is 269 g/mol. The van der Waals surface area contributed by atoms with Crippen molar-refractivity contribution in [2.24, 2.45) is 5.73 Å². The summed E-state index contributed by atoms with van der Waals surface area (Å²) >= 11 is 0. The maximum absolute atomic E-state index is 5.65. The van der Waals surface area contributed by atoms with Gasteiger partial charge in [-0.25, -0.2) is 0 Å². The number of hydrogen-bond acceptors (Lipinski definition) is 3. The van der Waals surface area contributed by atoms with Gasteiger partial charge in [0, 0.05) is 37.7 Å². The molecular weight excluding hydrogens is 246 g/mol. The van der Waals surface area contributed by atoms with Gasteiger partial charge in [-0.05, 0) is 42.2 Å². The third kappa shape index (κ3) is 3.81. The van der Waals surface area contributed by atoms with Gasteiger partial charge in [-0.1, -0.05) is 25.1 Å². The molecule has 0 radical (unpaired) electrons. The molecule has 20 heavy (non-hydrogen) atoms. The highest BCUT2D eigenvalue weighted by atomic mass is 15.1. The fraction of sp³-hybridized carbons (Fsp3) is 0.353. The quantitative estimate of drug-likeness (QED) is 0.875. The summed E-state index contributed by atoms with van der Waals surface area (Å²) in [4.78, 5) is 6.66. The van der Waals surface area contributed by atoms with Crippen molar-refractivity contribution in [2.45, 2.75) is 33.4 Å². The van der Waals surface area contributed by atoms with Crippen LogP contribution >= 0.6 is 0 Å². The van der Waals surface area contributed by atoms with Crippen molar-refractivity contribution >= 4 is 5.69 Å². The lowest BCUT2D eigenvalue weighted by molar-refractivity contribution is 0.764. The second-order valence-corrected chi connectivity index (χ2v) is 5.16. The number of benzene rings is 1. The van der Waals surface area contributed by atoms with Crippen LogP contribution in [-0.4, -0.2) is 11.5 Å². The number of anilines is 1. The third-order valence-corrected chi connectivity index (χ3v) is 3.34. The SMILES string of the molecule is CCCN(Cc1cncc(C)c1)c1ccc(CN)cc1. The summed E-state index contributed by atoms with van der Waals surface area (Å²) in [5.41, 5.74) is 10.5. The Morgan fingerprint density at radius 3 is 2.45 bits per heavy atom. The highest BCUT2D eigenvalue weighted by Gasteiger charge is 2.07. The minimum Gasteiger partial charge on any atom is -0.367 e. The summed E-state index contributed by atoms with van der Waals surface area (Å²) < 4.78 is 0. The molecule has 0 aliphatic heterocycles. The topological polar surface area (TPSA) is 42.2 Å². The number of pyridine rings is 1. The Labute approximate surface area is 121 Å². The minimum absolute atomic E-state index is 0.593. The van der Waals surface area contributed by atoms with Gasteiger partial charge in [0.2, 0.25) is 0 Å². The highest BCUT2D eigenvalue weighted by Crippen LogP contribution is 2.18. The van der Waals surface area contributed by atoms with Gasteiger partial charge in [0.05, 0.1) is 0 Å². The summed E-state index contributed by atoms with van der Waals surface area (Å²) in [6.45, 7) is 6.81. The Morgan fingerprint density at radius 1 is 1.10 bits per heavy atom. The fourth-order valence-electron chi connectivity index (χ4n) is 2.34. The number of aromatic nitrogens is 1. The lowest BCUT2D eigenvalue weighted by Gasteiger charge is -2.24. The number of nitrogens with two attached hydrogens (primary N) is 1. The first-order valence-electron chi connectivity index (χ1n) is 7.17. The highest BCUT2D eigenvalue weighted by molar-refractivity contribution is 5.48. The zero-order chi connectivity index (χ0) is 14.4. The van der Waals surface area contributed by atoms with Gasteiger partial charge in [0.25, 0.3) is 0 Å². The summed E-state index contributed by atoms with van der Waals surface area (Å²) in [7, 11) is 0. The smallest absolute Gasteiger partial charge is 0.0444 e. The molecule has 2 N–H and O–H groups in total. The van der Waals surface area contributed by atoms with Gasteiger partial charge in [-0.3, -0.25) is 4.98 Å². The Balaban J connectivity index is 2.17. The predicted molar refractivity (Wildman–Crippen MR) is 84.6 cm³/mol. The van der Waals surface area contributed by atoms with Crippen LogP contribution in [0.15, 0.2) is 42.7 Å². The molecule has 0 amide bonds. The van der Waals surface area contributed by atoms with Crippen LogP contribution in [0.2, 0.25) is 0 Å². The Hall–Kier alpha value is -1.87. The third-order valence-electron chi connectivity index (χ3n) is 3.34. The number of rotatable bonds is 6. The summed E-state index contributed by atoms with van der Waals surface area (Å²) in [5, 5.41) is 0. The van der Waals surface area contributed by atoms with E-state index in [4.69, 9.17) is 5.73 Å². The second kappa shape index (κ2) is 7.06. The molecule has 2 aromatic rings. The molecule has 0 atom stereocenters. The minimum atomic E-state index is 0.593. The van der Waals surface area contributed by atoms with Crippen molar-refractivity contribution in [2.75, 3.05) is 11.4 Å². The van der Waals surface area contributed by atoms with Crippen molar-refractivity contribution in [3.8, 4) is 0 Å². The van der Waals surface area contributed by atoms with E-state index in [1.165, 1.54) is 22.4 Å². The molecular formula is C17H23N3. The molecule has 1 aromatic carbocycles. The monoisotopic (exact) mass is 269 g/mol. The molecule has 2 rings (SSSR count). The average Bonchev–Trinajstić information content (AvgIpc) is 2.47. The molecule has 1 heterocycles. The molecule has 0 saturated carbocycles. The second-order valence-electron chi connectivity index (χ2n) is 5.16. The van der Waals surface area contributed by atoms with Crippen molar-refractivity contribution in [3.63, 3.8) is 0 Å². The number of hydrogen-bond donors (Lipinski definition) is 1. The van der Waals surface area contributed by atoms with E-state index in [0.717, 1.165) is 19.5 Å². The Kier molecular flexibility index (Phi) is 5.13. The molecule has 106 valence electrons. The van der Waals surface area contributed by atoms with Crippen LogP contribution in [0.1, 0.15) is 30.0 Å². The van der Waals surface area contributed by atoms with E-state index in [2.05, 4.69) is 54.1 Å².